The second-order valence-electron chi connectivity index (χ2n) is 7.50. The summed E-state index contributed by atoms with van der Waals surface area (Å²) in [5.41, 5.74) is 0.435. The highest BCUT2D eigenvalue weighted by molar-refractivity contribution is 7.22. The molecule has 0 aromatic carbocycles. The first-order valence-electron chi connectivity index (χ1n) is 10.6. The molecule has 0 aliphatic rings. The summed E-state index contributed by atoms with van der Waals surface area (Å²) in [6.07, 6.45) is 17.2. The highest BCUT2D eigenvalue weighted by atomic mass is 32.1. The predicted molar refractivity (Wildman–Crippen MR) is 113 cm³/mol. The summed E-state index contributed by atoms with van der Waals surface area (Å²) >= 11 is 1.38. The Morgan fingerprint density at radius 3 is 2.00 bits per heavy atom. The molecule has 1 unspecified atom stereocenters. The SMILES string of the molecule is CCCCCCCCC(CCCCCC)Cc1cc(C=O)c(B(O)O)s1. The van der Waals surface area contributed by atoms with Crippen LogP contribution < -0.4 is 4.78 Å². The molecule has 0 aliphatic carbocycles. The molecule has 1 heterocycles. The fraction of sp³-hybridized carbons (Fsp3) is 0.762. The van der Waals surface area contributed by atoms with Gasteiger partial charge in [-0.05, 0) is 18.4 Å². The van der Waals surface area contributed by atoms with Gasteiger partial charge in [0.05, 0.1) is 0 Å². The Kier molecular flexibility index (Phi) is 13.0. The van der Waals surface area contributed by atoms with Crippen molar-refractivity contribution in [2.24, 2.45) is 5.92 Å². The normalized spacial score (nSPS) is 12.3. The maximum atomic E-state index is 11.2. The summed E-state index contributed by atoms with van der Waals surface area (Å²) in [6.45, 7) is 4.49. The smallest absolute Gasteiger partial charge is 0.423 e. The van der Waals surface area contributed by atoms with Crippen molar-refractivity contribution in [1.29, 1.82) is 0 Å². The fourth-order valence-electron chi connectivity index (χ4n) is 3.57. The maximum absolute atomic E-state index is 11.2. The topological polar surface area (TPSA) is 57.5 Å². The van der Waals surface area contributed by atoms with Gasteiger partial charge in [0.15, 0.2) is 6.29 Å². The lowest BCUT2D eigenvalue weighted by molar-refractivity contribution is 0.112. The van der Waals surface area contributed by atoms with Crippen molar-refractivity contribution < 1.29 is 14.8 Å². The molecule has 0 saturated heterocycles. The van der Waals surface area contributed by atoms with Crippen LogP contribution in [-0.2, 0) is 6.42 Å². The number of rotatable bonds is 16. The first kappa shape index (κ1) is 23.4. The lowest BCUT2D eigenvalue weighted by Crippen LogP contribution is -2.29. The Morgan fingerprint density at radius 1 is 0.962 bits per heavy atom. The summed E-state index contributed by atoms with van der Waals surface area (Å²) in [5, 5.41) is 18.9. The van der Waals surface area contributed by atoms with Crippen molar-refractivity contribution in [3.05, 3.63) is 16.5 Å². The van der Waals surface area contributed by atoms with Gasteiger partial charge in [-0.25, -0.2) is 0 Å². The fourth-order valence-corrected chi connectivity index (χ4v) is 4.69. The van der Waals surface area contributed by atoms with Crippen LogP contribution in [0, 0.1) is 5.92 Å². The van der Waals surface area contributed by atoms with Crippen molar-refractivity contribution in [2.45, 2.75) is 97.3 Å². The average Bonchev–Trinajstić information content (AvgIpc) is 3.04. The first-order chi connectivity index (χ1) is 12.6. The van der Waals surface area contributed by atoms with Crippen LogP contribution in [0.5, 0.6) is 0 Å². The minimum atomic E-state index is -1.55. The molecule has 0 amide bonds. The average molecular weight is 380 g/mol. The highest BCUT2D eigenvalue weighted by Gasteiger charge is 2.21. The van der Waals surface area contributed by atoms with Crippen molar-refractivity contribution in [3.8, 4) is 0 Å². The van der Waals surface area contributed by atoms with Crippen LogP contribution in [0.15, 0.2) is 6.07 Å². The molecule has 0 spiro atoms. The Morgan fingerprint density at radius 2 is 1.50 bits per heavy atom. The second kappa shape index (κ2) is 14.4. The van der Waals surface area contributed by atoms with E-state index in [0.29, 0.717) is 16.3 Å². The van der Waals surface area contributed by atoms with Gasteiger partial charge in [0.1, 0.15) is 0 Å². The Labute approximate surface area is 164 Å². The van der Waals surface area contributed by atoms with E-state index in [1.165, 1.54) is 88.4 Å². The monoisotopic (exact) mass is 380 g/mol. The van der Waals surface area contributed by atoms with Crippen LogP contribution in [0.2, 0.25) is 0 Å². The number of carbonyl (C=O) groups is 1. The molecule has 0 saturated carbocycles. The van der Waals surface area contributed by atoms with Crippen molar-refractivity contribution >= 4 is 29.5 Å². The van der Waals surface area contributed by atoms with Gasteiger partial charge >= 0.3 is 7.12 Å². The molecule has 0 bridgehead atoms. The molecule has 1 aromatic heterocycles. The summed E-state index contributed by atoms with van der Waals surface area (Å²) in [4.78, 5) is 12.3. The van der Waals surface area contributed by atoms with Gasteiger partial charge in [0.25, 0.3) is 0 Å². The third kappa shape index (κ3) is 9.34. The van der Waals surface area contributed by atoms with E-state index < -0.39 is 7.12 Å². The summed E-state index contributed by atoms with van der Waals surface area (Å²) < 4.78 is 0.388. The number of hydrogen-bond donors (Lipinski definition) is 2. The van der Waals surface area contributed by atoms with E-state index in [1.807, 2.05) is 6.07 Å². The molecule has 148 valence electrons. The molecule has 0 fully saturated rings. The zero-order chi connectivity index (χ0) is 19.2. The van der Waals surface area contributed by atoms with E-state index in [0.717, 1.165) is 17.6 Å². The zero-order valence-electron chi connectivity index (χ0n) is 16.7. The summed E-state index contributed by atoms with van der Waals surface area (Å²) in [7, 11) is -1.55. The molecule has 1 atom stereocenters. The van der Waals surface area contributed by atoms with Gasteiger partial charge in [-0.15, -0.1) is 11.3 Å². The number of carbonyl (C=O) groups excluding carboxylic acids is 1. The van der Waals surface area contributed by atoms with Crippen LogP contribution >= 0.6 is 11.3 Å². The number of unbranched alkanes of at least 4 members (excludes halogenated alkanes) is 8. The molecular weight excluding hydrogens is 343 g/mol. The van der Waals surface area contributed by atoms with Crippen LogP contribution in [-0.4, -0.2) is 23.5 Å². The van der Waals surface area contributed by atoms with E-state index >= 15 is 0 Å². The van der Waals surface area contributed by atoms with E-state index in [4.69, 9.17) is 0 Å². The molecule has 1 aromatic rings. The standard InChI is InChI=1S/C21H37BO3S/c1-3-5-7-9-10-12-14-18(13-11-8-6-4-2)15-20-16-19(17-23)21(26-20)22(24)25/h16-18,24-25H,3-15H2,1-2H3. The molecule has 0 radical (unpaired) electrons. The largest absolute Gasteiger partial charge is 0.499 e. The second-order valence-corrected chi connectivity index (χ2v) is 8.67. The lowest BCUT2D eigenvalue weighted by atomic mass is 9.86. The number of hydrogen-bond acceptors (Lipinski definition) is 4. The number of aldehydes is 1. The Bertz CT molecular complexity index is 488. The third-order valence-electron chi connectivity index (χ3n) is 5.13. The maximum Gasteiger partial charge on any atom is 0.499 e. The van der Waals surface area contributed by atoms with Gasteiger partial charge < -0.3 is 10.0 Å². The summed E-state index contributed by atoms with van der Waals surface area (Å²) in [6, 6.07) is 1.85. The molecule has 3 nitrogen and oxygen atoms in total. The van der Waals surface area contributed by atoms with Gasteiger partial charge in [0.2, 0.25) is 0 Å². The van der Waals surface area contributed by atoms with Crippen molar-refractivity contribution in [1.82, 2.24) is 0 Å². The van der Waals surface area contributed by atoms with Crippen LogP contribution in [0.4, 0.5) is 0 Å². The first-order valence-corrected chi connectivity index (χ1v) is 11.4. The van der Waals surface area contributed by atoms with Crippen LogP contribution in [0.1, 0.15) is 106 Å². The minimum Gasteiger partial charge on any atom is -0.423 e. The molecule has 0 aliphatic heterocycles. The molecule has 2 N–H and O–H groups in total. The quantitative estimate of drug-likeness (QED) is 0.238. The van der Waals surface area contributed by atoms with E-state index in [2.05, 4.69) is 13.8 Å². The predicted octanol–water partition coefficient (Wildman–Crippen LogP) is 5.12. The van der Waals surface area contributed by atoms with E-state index in [-0.39, 0.29) is 0 Å². The van der Waals surface area contributed by atoms with Gasteiger partial charge in [0, 0.05) is 15.2 Å². The number of thiophene rings is 1. The molecule has 5 heteroatoms. The van der Waals surface area contributed by atoms with Crippen molar-refractivity contribution in [2.75, 3.05) is 0 Å². The Balaban J connectivity index is 2.55. The summed E-state index contributed by atoms with van der Waals surface area (Å²) in [5.74, 6) is 0.639. The molecular formula is C21H37BO3S. The molecule has 1 rings (SSSR count). The lowest BCUT2D eigenvalue weighted by Gasteiger charge is -2.16. The minimum absolute atomic E-state index is 0.388. The van der Waals surface area contributed by atoms with Crippen LogP contribution in [0.3, 0.4) is 0 Å². The Hall–Kier alpha value is -0.645. The highest BCUT2D eigenvalue weighted by Crippen LogP contribution is 2.25. The van der Waals surface area contributed by atoms with E-state index in [1.54, 1.807) is 0 Å². The molecule has 26 heavy (non-hydrogen) atoms. The van der Waals surface area contributed by atoms with Crippen molar-refractivity contribution in [3.63, 3.8) is 0 Å². The van der Waals surface area contributed by atoms with Gasteiger partial charge in [-0.2, -0.15) is 0 Å². The zero-order valence-corrected chi connectivity index (χ0v) is 17.5. The van der Waals surface area contributed by atoms with Crippen LogP contribution in [0.25, 0.3) is 0 Å². The third-order valence-corrected chi connectivity index (χ3v) is 6.34. The van der Waals surface area contributed by atoms with Gasteiger partial charge in [-0.1, -0.05) is 90.9 Å². The van der Waals surface area contributed by atoms with E-state index in [9.17, 15) is 14.8 Å². The van der Waals surface area contributed by atoms with Gasteiger partial charge in [-0.3, -0.25) is 4.79 Å².